The van der Waals surface area contributed by atoms with Gasteiger partial charge in [-0.2, -0.15) is 5.10 Å². The Bertz CT molecular complexity index is 707. The Labute approximate surface area is 133 Å². The zero-order valence-electron chi connectivity index (χ0n) is 12.8. The third-order valence-electron chi connectivity index (χ3n) is 4.04. The van der Waals surface area contributed by atoms with E-state index in [9.17, 15) is 4.79 Å². The summed E-state index contributed by atoms with van der Waals surface area (Å²) >= 11 is 5.77. The Morgan fingerprint density at radius 1 is 1.50 bits per heavy atom. The molecule has 1 aliphatic heterocycles. The van der Waals surface area contributed by atoms with Crippen molar-refractivity contribution in [3.8, 4) is 5.88 Å². The molecule has 3 rings (SSSR count). The SMILES string of the molecule is COc1c([C@H]2CCCN2C(=O)c2ccc(Cl)o2)c(C)nn1C. The first-order chi connectivity index (χ1) is 10.5. The zero-order chi connectivity index (χ0) is 15.9. The summed E-state index contributed by atoms with van der Waals surface area (Å²) in [4.78, 5) is 14.5. The fraction of sp³-hybridized carbons (Fsp3) is 0.467. The Hall–Kier alpha value is -1.95. The van der Waals surface area contributed by atoms with Gasteiger partial charge in [0.15, 0.2) is 11.0 Å². The van der Waals surface area contributed by atoms with Gasteiger partial charge in [-0.15, -0.1) is 0 Å². The number of aromatic nitrogens is 2. The molecule has 2 aromatic rings. The molecule has 1 fully saturated rings. The van der Waals surface area contributed by atoms with Crippen molar-refractivity contribution < 1.29 is 13.9 Å². The van der Waals surface area contributed by atoms with E-state index in [1.807, 2.05) is 18.9 Å². The maximum absolute atomic E-state index is 12.7. The number of hydrogen-bond acceptors (Lipinski definition) is 4. The molecule has 1 saturated heterocycles. The van der Waals surface area contributed by atoms with Crippen LogP contribution in [-0.4, -0.2) is 34.2 Å². The van der Waals surface area contributed by atoms with E-state index in [0.29, 0.717) is 12.4 Å². The molecule has 7 heteroatoms. The summed E-state index contributed by atoms with van der Waals surface area (Å²) < 4.78 is 12.4. The van der Waals surface area contributed by atoms with Gasteiger partial charge in [0, 0.05) is 13.6 Å². The van der Waals surface area contributed by atoms with Crippen molar-refractivity contribution in [3.05, 3.63) is 34.4 Å². The van der Waals surface area contributed by atoms with E-state index in [2.05, 4.69) is 5.10 Å². The van der Waals surface area contributed by atoms with Crippen LogP contribution in [0, 0.1) is 6.92 Å². The fourth-order valence-electron chi connectivity index (χ4n) is 3.16. The van der Waals surface area contributed by atoms with Gasteiger partial charge in [-0.3, -0.25) is 4.79 Å². The van der Waals surface area contributed by atoms with Crippen LogP contribution in [0.1, 0.15) is 40.7 Å². The Balaban J connectivity index is 1.95. The van der Waals surface area contributed by atoms with E-state index in [-0.39, 0.29) is 22.9 Å². The Morgan fingerprint density at radius 2 is 2.27 bits per heavy atom. The molecule has 0 aliphatic carbocycles. The third kappa shape index (κ3) is 2.37. The molecule has 0 radical (unpaired) electrons. The highest BCUT2D eigenvalue weighted by atomic mass is 35.5. The molecule has 0 spiro atoms. The molecular weight excluding hydrogens is 306 g/mol. The molecule has 0 bridgehead atoms. The van der Waals surface area contributed by atoms with Crippen molar-refractivity contribution in [2.24, 2.45) is 7.05 Å². The lowest BCUT2D eigenvalue weighted by Gasteiger charge is -2.24. The minimum absolute atomic E-state index is 0.0555. The van der Waals surface area contributed by atoms with Crippen LogP contribution in [0.5, 0.6) is 5.88 Å². The van der Waals surface area contributed by atoms with Gasteiger partial charge in [0.05, 0.1) is 24.4 Å². The van der Waals surface area contributed by atoms with Gasteiger partial charge in [-0.25, -0.2) is 4.68 Å². The number of aryl methyl sites for hydroxylation is 2. The molecule has 3 heterocycles. The lowest BCUT2D eigenvalue weighted by atomic mass is 10.0. The summed E-state index contributed by atoms with van der Waals surface area (Å²) in [5, 5.41) is 4.62. The second-order valence-corrected chi connectivity index (χ2v) is 5.76. The van der Waals surface area contributed by atoms with Gasteiger partial charge in [-0.05, 0) is 43.5 Å². The number of hydrogen-bond donors (Lipinski definition) is 0. The van der Waals surface area contributed by atoms with E-state index in [0.717, 1.165) is 24.1 Å². The number of ether oxygens (including phenoxy) is 1. The summed E-state index contributed by atoms with van der Waals surface area (Å²) in [6, 6.07) is 3.13. The molecule has 118 valence electrons. The number of halogens is 1. The largest absolute Gasteiger partial charge is 0.481 e. The Morgan fingerprint density at radius 3 is 2.91 bits per heavy atom. The lowest BCUT2D eigenvalue weighted by Crippen LogP contribution is -2.30. The maximum atomic E-state index is 12.7. The molecule has 2 aromatic heterocycles. The van der Waals surface area contributed by atoms with Crippen molar-refractivity contribution in [2.45, 2.75) is 25.8 Å². The lowest BCUT2D eigenvalue weighted by molar-refractivity contribution is 0.0701. The van der Waals surface area contributed by atoms with Gasteiger partial charge < -0.3 is 14.1 Å². The van der Waals surface area contributed by atoms with Crippen LogP contribution in [0.2, 0.25) is 5.22 Å². The molecule has 0 saturated carbocycles. The van der Waals surface area contributed by atoms with Crippen LogP contribution in [0.15, 0.2) is 16.5 Å². The number of rotatable bonds is 3. The summed E-state index contributed by atoms with van der Waals surface area (Å²) in [5.41, 5.74) is 1.84. The molecule has 6 nitrogen and oxygen atoms in total. The normalized spacial score (nSPS) is 18.0. The topological polar surface area (TPSA) is 60.5 Å². The zero-order valence-corrected chi connectivity index (χ0v) is 13.6. The van der Waals surface area contributed by atoms with Gasteiger partial charge >= 0.3 is 0 Å². The number of carbonyl (C=O) groups is 1. The molecule has 1 atom stereocenters. The molecule has 22 heavy (non-hydrogen) atoms. The maximum Gasteiger partial charge on any atom is 0.290 e. The van der Waals surface area contributed by atoms with Gasteiger partial charge in [-0.1, -0.05) is 0 Å². The molecule has 0 N–H and O–H groups in total. The highest BCUT2D eigenvalue weighted by Gasteiger charge is 2.36. The van der Waals surface area contributed by atoms with E-state index < -0.39 is 0 Å². The number of nitrogens with zero attached hydrogens (tertiary/aromatic N) is 3. The predicted molar refractivity (Wildman–Crippen MR) is 81.2 cm³/mol. The first-order valence-electron chi connectivity index (χ1n) is 7.16. The van der Waals surface area contributed by atoms with Gasteiger partial charge in [0.2, 0.25) is 5.88 Å². The standard InChI is InChI=1S/C15H18ClN3O3/c1-9-13(15(21-3)18(2)17-9)10-5-4-8-19(10)14(20)11-6-7-12(16)22-11/h6-7,10H,4-5,8H2,1-3H3/t10-/m1/s1. The number of carbonyl (C=O) groups excluding carboxylic acids is 1. The van der Waals surface area contributed by atoms with Crippen LogP contribution in [0.25, 0.3) is 0 Å². The second kappa shape index (κ2) is 5.68. The average molecular weight is 324 g/mol. The minimum atomic E-state index is -0.153. The van der Waals surface area contributed by atoms with E-state index >= 15 is 0 Å². The molecular formula is C15H18ClN3O3. The fourth-order valence-corrected chi connectivity index (χ4v) is 3.31. The summed E-state index contributed by atoms with van der Waals surface area (Å²) in [6.45, 7) is 2.61. The first-order valence-corrected chi connectivity index (χ1v) is 7.54. The molecule has 0 unspecified atom stereocenters. The van der Waals surface area contributed by atoms with Crippen molar-refractivity contribution >= 4 is 17.5 Å². The van der Waals surface area contributed by atoms with Crippen molar-refractivity contribution in [1.82, 2.24) is 14.7 Å². The van der Waals surface area contributed by atoms with Crippen LogP contribution >= 0.6 is 11.6 Å². The Kier molecular flexibility index (Phi) is 3.87. The molecule has 1 aliphatic rings. The average Bonchev–Trinajstić information content (AvgIpc) is 3.16. The van der Waals surface area contributed by atoms with Crippen LogP contribution in [-0.2, 0) is 7.05 Å². The van der Waals surface area contributed by atoms with Crippen molar-refractivity contribution in [1.29, 1.82) is 0 Å². The highest BCUT2D eigenvalue weighted by molar-refractivity contribution is 6.29. The number of furan rings is 1. The predicted octanol–water partition coefficient (Wildman–Crippen LogP) is 2.96. The number of amides is 1. The molecule has 0 aromatic carbocycles. The van der Waals surface area contributed by atoms with E-state index in [1.54, 1.807) is 23.9 Å². The van der Waals surface area contributed by atoms with Crippen LogP contribution < -0.4 is 4.74 Å². The second-order valence-electron chi connectivity index (χ2n) is 5.39. The van der Waals surface area contributed by atoms with Gasteiger partial charge in [0.25, 0.3) is 5.91 Å². The van der Waals surface area contributed by atoms with Crippen molar-refractivity contribution in [2.75, 3.05) is 13.7 Å². The van der Waals surface area contributed by atoms with Crippen molar-refractivity contribution in [3.63, 3.8) is 0 Å². The van der Waals surface area contributed by atoms with E-state index in [4.69, 9.17) is 20.8 Å². The molecule has 1 amide bonds. The van der Waals surface area contributed by atoms with Gasteiger partial charge in [0.1, 0.15) is 0 Å². The highest BCUT2D eigenvalue weighted by Crippen LogP contribution is 2.39. The third-order valence-corrected chi connectivity index (χ3v) is 4.24. The van der Waals surface area contributed by atoms with Crippen LogP contribution in [0.3, 0.4) is 0 Å². The monoisotopic (exact) mass is 323 g/mol. The first kappa shape index (κ1) is 15.0. The number of methoxy groups -OCH3 is 1. The number of likely N-dealkylation sites (tertiary alicyclic amines) is 1. The summed E-state index contributed by atoms with van der Waals surface area (Å²) in [6.07, 6.45) is 1.81. The quantitative estimate of drug-likeness (QED) is 0.871. The minimum Gasteiger partial charge on any atom is -0.481 e. The summed E-state index contributed by atoms with van der Waals surface area (Å²) in [7, 11) is 3.45. The van der Waals surface area contributed by atoms with E-state index in [1.165, 1.54) is 0 Å². The van der Waals surface area contributed by atoms with Crippen LogP contribution in [0.4, 0.5) is 0 Å². The smallest absolute Gasteiger partial charge is 0.290 e. The summed E-state index contributed by atoms with van der Waals surface area (Å²) in [5.74, 6) is 0.803.